The van der Waals surface area contributed by atoms with Gasteiger partial charge < -0.3 is 14.6 Å². The Labute approximate surface area is 227 Å². The molecule has 7 heteroatoms. The summed E-state index contributed by atoms with van der Waals surface area (Å²) in [6, 6.07) is 22.1. The molecule has 0 aliphatic carbocycles. The highest BCUT2D eigenvalue weighted by molar-refractivity contribution is 7.99. The Bertz CT molecular complexity index is 1450. The Morgan fingerprint density at radius 3 is 2.50 bits per heavy atom. The van der Waals surface area contributed by atoms with Crippen LogP contribution in [0.3, 0.4) is 0 Å². The molecular weight excluding hydrogens is 511 g/mol. The van der Waals surface area contributed by atoms with E-state index in [9.17, 15) is 4.79 Å². The van der Waals surface area contributed by atoms with Crippen LogP contribution in [-0.4, -0.2) is 37.6 Å². The van der Waals surface area contributed by atoms with Gasteiger partial charge in [0.05, 0.1) is 12.6 Å². The van der Waals surface area contributed by atoms with E-state index in [0.717, 1.165) is 34.5 Å². The fraction of sp³-hybridized carbons (Fsp3) is 0.207. The van der Waals surface area contributed by atoms with E-state index in [4.69, 9.17) is 16.3 Å². The first-order valence-electron chi connectivity index (χ1n) is 11.5. The van der Waals surface area contributed by atoms with Crippen molar-refractivity contribution in [3.8, 4) is 5.75 Å². The van der Waals surface area contributed by atoms with E-state index in [-0.39, 0.29) is 18.0 Å². The number of rotatable bonds is 4. The Balaban J connectivity index is 0.000000210. The largest absolute Gasteiger partial charge is 0.495 e. The minimum absolute atomic E-state index is 0. The standard InChI is InChI=1S/C18H18ClNS.C11H11NO2.ClH/c1-20(2)11-5-7-14-15-6-3-4-8-17(15)21-18-10-9-13(19)12-16(14)18;1-7-6-10(13)12-11-8(7)4-3-5-9(11)14-2;/h3-4,6-10,12H,5,11H2,1-2H3;3-6H,1-2H3,(H,12,13);1H. The van der Waals surface area contributed by atoms with Gasteiger partial charge in [-0.2, -0.15) is 0 Å². The topological polar surface area (TPSA) is 45.3 Å². The van der Waals surface area contributed by atoms with E-state index in [2.05, 4.69) is 66.5 Å². The van der Waals surface area contributed by atoms with Crippen LogP contribution in [0.15, 0.2) is 87.4 Å². The number of para-hydroxylation sites is 1. The predicted molar refractivity (Wildman–Crippen MR) is 155 cm³/mol. The number of nitrogens with one attached hydrogen (secondary N) is 1. The predicted octanol–water partition coefficient (Wildman–Crippen LogP) is 7.45. The van der Waals surface area contributed by atoms with Crippen molar-refractivity contribution in [1.29, 1.82) is 0 Å². The zero-order valence-electron chi connectivity index (χ0n) is 20.8. The van der Waals surface area contributed by atoms with E-state index in [1.807, 2.05) is 43.0 Å². The van der Waals surface area contributed by atoms with Crippen molar-refractivity contribution in [1.82, 2.24) is 9.88 Å². The van der Waals surface area contributed by atoms with Gasteiger partial charge in [-0.15, -0.1) is 12.4 Å². The summed E-state index contributed by atoms with van der Waals surface area (Å²) in [4.78, 5) is 18.8. The molecule has 1 aliphatic rings. The quantitative estimate of drug-likeness (QED) is 0.257. The second-order valence-electron chi connectivity index (χ2n) is 8.65. The normalized spacial score (nSPS) is 12.9. The van der Waals surface area contributed by atoms with Gasteiger partial charge in [-0.25, -0.2) is 0 Å². The molecule has 3 aromatic carbocycles. The van der Waals surface area contributed by atoms with Crippen molar-refractivity contribution in [3.63, 3.8) is 0 Å². The van der Waals surface area contributed by atoms with Gasteiger partial charge >= 0.3 is 0 Å². The number of aromatic nitrogens is 1. The minimum atomic E-state index is -0.0977. The summed E-state index contributed by atoms with van der Waals surface area (Å²) in [5, 5.41) is 1.82. The van der Waals surface area contributed by atoms with E-state index in [0.29, 0.717) is 5.75 Å². The third-order valence-corrected chi connectivity index (χ3v) is 7.21. The van der Waals surface area contributed by atoms with E-state index in [1.165, 1.54) is 26.5 Å². The maximum Gasteiger partial charge on any atom is 0.248 e. The van der Waals surface area contributed by atoms with Gasteiger partial charge in [0.15, 0.2) is 0 Å². The smallest absolute Gasteiger partial charge is 0.248 e. The summed E-state index contributed by atoms with van der Waals surface area (Å²) in [7, 11) is 5.80. The van der Waals surface area contributed by atoms with Crippen molar-refractivity contribution in [2.75, 3.05) is 27.7 Å². The van der Waals surface area contributed by atoms with Gasteiger partial charge in [-0.1, -0.05) is 59.8 Å². The van der Waals surface area contributed by atoms with Gasteiger partial charge in [0.2, 0.25) is 5.56 Å². The second kappa shape index (κ2) is 12.5. The van der Waals surface area contributed by atoms with Gasteiger partial charge in [-0.3, -0.25) is 4.79 Å². The van der Waals surface area contributed by atoms with Gasteiger partial charge in [0.1, 0.15) is 5.75 Å². The molecule has 0 radical (unpaired) electrons. The van der Waals surface area contributed by atoms with Gasteiger partial charge in [0.25, 0.3) is 0 Å². The molecule has 4 nitrogen and oxygen atoms in total. The first-order chi connectivity index (χ1) is 16.9. The van der Waals surface area contributed by atoms with E-state index in [1.54, 1.807) is 13.2 Å². The molecule has 188 valence electrons. The molecule has 0 saturated carbocycles. The fourth-order valence-electron chi connectivity index (χ4n) is 4.12. The number of halogens is 2. The summed E-state index contributed by atoms with van der Waals surface area (Å²) in [5.41, 5.74) is 5.51. The van der Waals surface area contributed by atoms with Gasteiger partial charge in [-0.05, 0) is 80.0 Å². The highest BCUT2D eigenvalue weighted by Crippen LogP contribution is 2.46. The van der Waals surface area contributed by atoms with Crippen LogP contribution in [0.1, 0.15) is 23.1 Å². The maximum atomic E-state index is 11.3. The summed E-state index contributed by atoms with van der Waals surface area (Å²) in [5.74, 6) is 0.698. The molecule has 0 amide bonds. The Kier molecular flexibility index (Phi) is 9.69. The molecule has 5 rings (SSSR count). The Hall–Kier alpha value is -2.70. The van der Waals surface area contributed by atoms with E-state index < -0.39 is 0 Å². The average molecular weight is 542 g/mol. The molecule has 0 unspecified atom stereocenters. The SMILES string of the molecule is CN(C)CCC=C1c2ccccc2Sc2ccc(Cl)cc21.COc1cccc2c(C)cc(=O)[nH]c12.Cl. The highest BCUT2D eigenvalue weighted by Gasteiger charge is 2.20. The summed E-state index contributed by atoms with van der Waals surface area (Å²) >= 11 is 8.03. The fourth-order valence-corrected chi connectivity index (χ4v) is 5.38. The second-order valence-corrected chi connectivity index (χ2v) is 10.2. The number of pyridine rings is 1. The molecule has 0 saturated heterocycles. The summed E-state index contributed by atoms with van der Waals surface area (Å²) in [6.45, 7) is 2.96. The van der Waals surface area contributed by atoms with Crippen molar-refractivity contribution >= 4 is 52.2 Å². The number of benzene rings is 3. The van der Waals surface area contributed by atoms with Crippen LogP contribution in [0.5, 0.6) is 5.75 Å². The molecule has 1 aliphatic heterocycles. The maximum absolute atomic E-state index is 11.3. The highest BCUT2D eigenvalue weighted by atomic mass is 35.5. The van der Waals surface area contributed by atoms with Gasteiger partial charge in [0, 0.05) is 32.8 Å². The van der Waals surface area contributed by atoms with Crippen molar-refractivity contribution < 1.29 is 4.74 Å². The Morgan fingerprint density at radius 2 is 1.75 bits per heavy atom. The third-order valence-electron chi connectivity index (χ3n) is 5.82. The number of ether oxygens (including phenoxy) is 1. The zero-order chi connectivity index (χ0) is 24.9. The monoisotopic (exact) mass is 540 g/mol. The van der Waals surface area contributed by atoms with Crippen LogP contribution < -0.4 is 10.3 Å². The first-order valence-corrected chi connectivity index (χ1v) is 12.7. The Morgan fingerprint density at radius 1 is 1.00 bits per heavy atom. The molecule has 2 heterocycles. The number of methoxy groups -OCH3 is 1. The lowest BCUT2D eigenvalue weighted by atomic mass is 9.96. The molecule has 0 spiro atoms. The number of hydrogen-bond acceptors (Lipinski definition) is 4. The number of nitrogens with zero attached hydrogens (tertiary/aromatic N) is 1. The molecule has 0 atom stereocenters. The molecule has 4 aromatic rings. The molecule has 1 aromatic heterocycles. The van der Waals surface area contributed by atoms with E-state index >= 15 is 0 Å². The number of aromatic amines is 1. The van der Waals surface area contributed by atoms with Crippen LogP contribution in [0.25, 0.3) is 16.5 Å². The zero-order valence-corrected chi connectivity index (χ0v) is 23.2. The van der Waals surface area contributed by atoms with Crippen LogP contribution in [0.2, 0.25) is 5.02 Å². The minimum Gasteiger partial charge on any atom is -0.495 e. The number of hydrogen-bond donors (Lipinski definition) is 1. The summed E-state index contributed by atoms with van der Waals surface area (Å²) in [6.07, 6.45) is 3.38. The van der Waals surface area contributed by atoms with Crippen molar-refractivity contribution in [2.45, 2.75) is 23.1 Å². The lowest BCUT2D eigenvalue weighted by Crippen LogP contribution is -2.12. The van der Waals surface area contributed by atoms with Crippen LogP contribution >= 0.6 is 35.8 Å². The third kappa shape index (κ3) is 6.34. The lowest BCUT2D eigenvalue weighted by molar-refractivity contribution is 0.417. The molecular formula is C29H30Cl2N2O2S. The van der Waals surface area contributed by atoms with Crippen LogP contribution in [-0.2, 0) is 0 Å². The molecule has 1 N–H and O–H groups in total. The number of H-pyrrole nitrogens is 1. The summed E-state index contributed by atoms with van der Waals surface area (Å²) < 4.78 is 5.17. The number of aryl methyl sites for hydroxylation is 1. The molecule has 0 bridgehead atoms. The number of fused-ring (bicyclic) bond motifs is 3. The van der Waals surface area contributed by atoms with Crippen molar-refractivity contribution in [3.05, 3.63) is 105 Å². The molecule has 0 fully saturated rings. The molecule has 36 heavy (non-hydrogen) atoms. The average Bonchev–Trinajstić information content (AvgIpc) is 2.83. The van der Waals surface area contributed by atoms with Crippen LogP contribution in [0.4, 0.5) is 0 Å². The lowest BCUT2D eigenvalue weighted by Gasteiger charge is -2.22. The van der Waals surface area contributed by atoms with Crippen molar-refractivity contribution in [2.24, 2.45) is 0 Å². The first kappa shape index (κ1) is 27.9. The van der Waals surface area contributed by atoms with Crippen LogP contribution in [0, 0.1) is 6.92 Å².